The highest BCUT2D eigenvalue weighted by atomic mass is 16.4. The fourth-order valence-corrected chi connectivity index (χ4v) is 2.21. The molecule has 0 radical (unpaired) electrons. The SMILES string of the molecule is CC(C)(c1ccc(O)cc1)c1ccc(C(=O)C(=O)O)cc1. The molecule has 2 aromatic carbocycles. The second-order valence-electron chi connectivity index (χ2n) is 5.38. The van der Waals surface area contributed by atoms with Gasteiger partial charge in [-0.15, -0.1) is 0 Å². The van der Waals surface area contributed by atoms with Crippen molar-refractivity contribution in [2.75, 3.05) is 0 Å². The van der Waals surface area contributed by atoms with Crippen molar-refractivity contribution in [1.29, 1.82) is 0 Å². The Labute approximate surface area is 122 Å². The maximum Gasteiger partial charge on any atom is 0.377 e. The second-order valence-corrected chi connectivity index (χ2v) is 5.38. The van der Waals surface area contributed by atoms with Crippen LogP contribution in [0.15, 0.2) is 48.5 Å². The number of hydrogen-bond donors (Lipinski definition) is 2. The van der Waals surface area contributed by atoms with E-state index in [1.54, 1.807) is 24.3 Å². The number of carbonyl (C=O) groups excluding carboxylic acids is 1. The Hall–Kier alpha value is -2.62. The van der Waals surface area contributed by atoms with Gasteiger partial charge in [0.2, 0.25) is 0 Å². The molecule has 21 heavy (non-hydrogen) atoms. The van der Waals surface area contributed by atoms with Crippen molar-refractivity contribution in [2.45, 2.75) is 19.3 Å². The van der Waals surface area contributed by atoms with Crippen LogP contribution in [0.25, 0.3) is 0 Å². The summed E-state index contributed by atoms with van der Waals surface area (Å²) >= 11 is 0. The summed E-state index contributed by atoms with van der Waals surface area (Å²) in [6.07, 6.45) is 0. The van der Waals surface area contributed by atoms with Gasteiger partial charge >= 0.3 is 5.97 Å². The molecule has 2 N–H and O–H groups in total. The van der Waals surface area contributed by atoms with Crippen LogP contribution in [0.2, 0.25) is 0 Å². The van der Waals surface area contributed by atoms with Crippen molar-refractivity contribution >= 4 is 11.8 Å². The summed E-state index contributed by atoms with van der Waals surface area (Å²) in [7, 11) is 0. The lowest BCUT2D eigenvalue weighted by Gasteiger charge is -2.26. The van der Waals surface area contributed by atoms with E-state index in [2.05, 4.69) is 0 Å². The summed E-state index contributed by atoms with van der Waals surface area (Å²) in [5.74, 6) is -2.17. The van der Waals surface area contributed by atoms with Crippen molar-refractivity contribution in [3.63, 3.8) is 0 Å². The van der Waals surface area contributed by atoms with Crippen LogP contribution in [-0.2, 0) is 10.2 Å². The largest absolute Gasteiger partial charge is 0.508 e. The van der Waals surface area contributed by atoms with E-state index in [1.165, 1.54) is 12.1 Å². The van der Waals surface area contributed by atoms with Gasteiger partial charge in [-0.3, -0.25) is 4.79 Å². The van der Waals surface area contributed by atoms with E-state index in [-0.39, 0.29) is 16.7 Å². The molecule has 0 saturated carbocycles. The average Bonchev–Trinajstić information content (AvgIpc) is 2.47. The van der Waals surface area contributed by atoms with E-state index in [4.69, 9.17) is 5.11 Å². The number of carboxylic acids is 1. The second kappa shape index (κ2) is 5.40. The van der Waals surface area contributed by atoms with Crippen molar-refractivity contribution < 1.29 is 19.8 Å². The summed E-state index contributed by atoms with van der Waals surface area (Å²) in [5, 5.41) is 18.0. The number of aromatic hydroxyl groups is 1. The lowest BCUT2D eigenvalue weighted by Crippen LogP contribution is -2.19. The highest BCUT2D eigenvalue weighted by Crippen LogP contribution is 2.32. The summed E-state index contributed by atoms with van der Waals surface area (Å²) in [4.78, 5) is 22.0. The molecular weight excluding hydrogens is 268 g/mol. The minimum Gasteiger partial charge on any atom is -0.508 e. The molecule has 0 atom stereocenters. The van der Waals surface area contributed by atoms with Gasteiger partial charge < -0.3 is 10.2 Å². The summed E-state index contributed by atoms with van der Waals surface area (Å²) in [5.41, 5.74) is 1.80. The smallest absolute Gasteiger partial charge is 0.377 e. The molecule has 0 aliphatic heterocycles. The van der Waals surface area contributed by atoms with Crippen LogP contribution in [0.4, 0.5) is 0 Å². The highest BCUT2D eigenvalue weighted by Gasteiger charge is 2.24. The average molecular weight is 284 g/mol. The van der Waals surface area contributed by atoms with Gasteiger partial charge in [0.1, 0.15) is 5.75 Å². The van der Waals surface area contributed by atoms with Gasteiger partial charge in [0.05, 0.1) is 0 Å². The molecule has 4 nitrogen and oxygen atoms in total. The molecule has 0 aromatic heterocycles. The fourth-order valence-electron chi connectivity index (χ4n) is 2.21. The Morgan fingerprint density at radius 3 is 1.71 bits per heavy atom. The van der Waals surface area contributed by atoms with Gasteiger partial charge in [0.25, 0.3) is 5.78 Å². The normalized spacial score (nSPS) is 11.1. The lowest BCUT2D eigenvalue weighted by molar-refractivity contribution is -0.131. The van der Waals surface area contributed by atoms with Gasteiger partial charge in [-0.05, 0) is 23.3 Å². The first-order valence-electron chi connectivity index (χ1n) is 6.50. The molecule has 0 amide bonds. The Balaban J connectivity index is 2.35. The first-order chi connectivity index (χ1) is 9.82. The number of phenols is 1. The van der Waals surface area contributed by atoms with Gasteiger partial charge in [0.15, 0.2) is 0 Å². The Morgan fingerprint density at radius 2 is 1.29 bits per heavy atom. The van der Waals surface area contributed by atoms with Crippen molar-refractivity contribution in [2.24, 2.45) is 0 Å². The van der Waals surface area contributed by atoms with Crippen molar-refractivity contribution in [1.82, 2.24) is 0 Å². The standard InChI is InChI=1S/C17H16O4/c1-17(2,13-7-9-14(18)10-8-13)12-5-3-11(4-6-12)15(19)16(20)21/h3-10,18H,1-2H3,(H,20,21). The Kier molecular flexibility index (Phi) is 3.80. The molecule has 0 heterocycles. The van der Waals surface area contributed by atoms with E-state index >= 15 is 0 Å². The zero-order chi connectivity index (χ0) is 15.6. The quantitative estimate of drug-likeness (QED) is 0.668. The van der Waals surface area contributed by atoms with E-state index < -0.39 is 11.8 Å². The lowest BCUT2D eigenvalue weighted by atomic mass is 9.78. The molecule has 0 bridgehead atoms. The molecule has 108 valence electrons. The Bertz CT molecular complexity index is 667. The summed E-state index contributed by atoms with van der Waals surface area (Å²) in [6.45, 7) is 4.04. The highest BCUT2D eigenvalue weighted by molar-refractivity contribution is 6.39. The zero-order valence-corrected chi connectivity index (χ0v) is 11.8. The molecule has 0 spiro atoms. The number of phenolic OH excluding ortho intramolecular Hbond substituents is 1. The first kappa shape index (κ1) is 14.8. The fraction of sp³-hybridized carbons (Fsp3) is 0.176. The molecule has 0 aliphatic carbocycles. The number of rotatable bonds is 4. The number of benzene rings is 2. The van der Waals surface area contributed by atoms with E-state index in [9.17, 15) is 14.7 Å². The maximum absolute atomic E-state index is 11.4. The van der Waals surface area contributed by atoms with Crippen LogP contribution in [-0.4, -0.2) is 22.0 Å². The van der Waals surface area contributed by atoms with Crippen LogP contribution < -0.4 is 0 Å². The Morgan fingerprint density at radius 1 is 0.857 bits per heavy atom. The minimum absolute atomic E-state index is 0.160. The van der Waals surface area contributed by atoms with E-state index in [0.717, 1.165) is 11.1 Å². The first-order valence-corrected chi connectivity index (χ1v) is 6.50. The number of carboxylic acid groups (broad SMARTS) is 1. The van der Waals surface area contributed by atoms with E-state index in [1.807, 2.05) is 26.0 Å². The molecule has 0 fully saturated rings. The summed E-state index contributed by atoms with van der Waals surface area (Å²) in [6, 6.07) is 13.5. The van der Waals surface area contributed by atoms with Crippen LogP contribution >= 0.6 is 0 Å². The molecule has 0 saturated heterocycles. The number of Topliss-reactive ketones (excluding diaryl/α,β-unsaturated/α-hetero) is 1. The molecule has 2 aromatic rings. The third-order valence-corrected chi connectivity index (χ3v) is 3.65. The van der Waals surface area contributed by atoms with Crippen LogP contribution in [0.1, 0.15) is 35.3 Å². The number of ketones is 1. The maximum atomic E-state index is 11.4. The zero-order valence-electron chi connectivity index (χ0n) is 11.8. The van der Waals surface area contributed by atoms with Crippen LogP contribution in [0.5, 0.6) is 5.75 Å². The van der Waals surface area contributed by atoms with Gasteiger partial charge in [0, 0.05) is 11.0 Å². The number of hydrogen-bond acceptors (Lipinski definition) is 3. The number of aliphatic carboxylic acids is 1. The monoisotopic (exact) mass is 284 g/mol. The van der Waals surface area contributed by atoms with E-state index in [0.29, 0.717) is 0 Å². The van der Waals surface area contributed by atoms with Gasteiger partial charge in [-0.2, -0.15) is 0 Å². The third-order valence-electron chi connectivity index (χ3n) is 3.65. The van der Waals surface area contributed by atoms with Crippen molar-refractivity contribution in [3.8, 4) is 5.75 Å². The molecule has 0 aliphatic rings. The molecule has 4 heteroatoms. The predicted molar refractivity (Wildman–Crippen MR) is 78.6 cm³/mol. The molecule has 0 unspecified atom stereocenters. The van der Waals surface area contributed by atoms with Crippen LogP contribution in [0.3, 0.4) is 0 Å². The summed E-state index contributed by atoms with van der Waals surface area (Å²) < 4.78 is 0. The van der Waals surface area contributed by atoms with Gasteiger partial charge in [-0.25, -0.2) is 4.79 Å². The van der Waals surface area contributed by atoms with Crippen LogP contribution in [0, 0.1) is 0 Å². The van der Waals surface area contributed by atoms with Gasteiger partial charge in [-0.1, -0.05) is 50.2 Å². The molecular formula is C17H16O4. The molecule has 2 rings (SSSR count). The predicted octanol–water partition coefficient (Wildman–Crippen LogP) is 2.99. The topological polar surface area (TPSA) is 74.6 Å². The minimum atomic E-state index is -1.46. The third kappa shape index (κ3) is 2.94. The number of carbonyl (C=O) groups is 2. The van der Waals surface area contributed by atoms with Crippen molar-refractivity contribution in [3.05, 3.63) is 65.2 Å².